The molecule has 0 aliphatic carbocycles. The lowest BCUT2D eigenvalue weighted by molar-refractivity contribution is -0.128. The number of nitrogens with zero attached hydrogens (tertiary/aromatic N) is 10. The number of allylic oxidation sites excluding steroid dienone is 2. The van der Waals surface area contributed by atoms with Crippen molar-refractivity contribution in [1.29, 1.82) is 5.26 Å². The lowest BCUT2D eigenvalue weighted by Gasteiger charge is -2.41. The van der Waals surface area contributed by atoms with Crippen molar-refractivity contribution >= 4 is 22.8 Å². The van der Waals surface area contributed by atoms with Crippen LogP contribution in [0.4, 0.5) is 10.2 Å². The van der Waals surface area contributed by atoms with Gasteiger partial charge in [0.05, 0.1) is 47.2 Å². The maximum absolute atomic E-state index is 16.0. The predicted molar refractivity (Wildman–Crippen MR) is 157 cm³/mol. The fourth-order valence-electron chi connectivity index (χ4n) is 5.77. The number of rotatable bonds is 4. The molecule has 6 heterocycles. The van der Waals surface area contributed by atoms with Gasteiger partial charge in [-0.2, -0.15) is 14.9 Å². The van der Waals surface area contributed by atoms with Gasteiger partial charge in [0.1, 0.15) is 5.82 Å². The van der Waals surface area contributed by atoms with Crippen LogP contribution in [0.3, 0.4) is 0 Å². The second-order valence-corrected chi connectivity index (χ2v) is 10.8. The SMILES string of the molecule is C=CC(=O)N1CCN(c2nc(=O)n3c4nc(c(F)cc24)-n2nncc2C/C=C\Cc2ccnc(C(C)C)c2-3)CC1CC#N. The van der Waals surface area contributed by atoms with E-state index in [0.717, 1.165) is 5.56 Å². The highest BCUT2D eigenvalue weighted by molar-refractivity contribution is 5.90. The summed E-state index contributed by atoms with van der Waals surface area (Å²) in [5.41, 5.74) is 2.30. The zero-order valence-electron chi connectivity index (χ0n) is 23.8. The molecule has 1 saturated heterocycles. The molecule has 1 atom stereocenters. The third-order valence-corrected chi connectivity index (χ3v) is 7.81. The van der Waals surface area contributed by atoms with Crippen LogP contribution in [0.2, 0.25) is 0 Å². The molecule has 43 heavy (non-hydrogen) atoms. The van der Waals surface area contributed by atoms with Crippen molar-refractivity contribution in [3.05, 3.63) is 82.6 Å². The molecule has 0 saturated carbocycles. The van der Waals surface area contributed by atoms with Gasteiger partial charge in [-0.05, 0) is 36.1 Å². The van der Waals surface area contributed by atoms with Crippen LogP contribution in [-0.2, 0) is 17.6 Å². The zero-order chi connectivity index (χ0) is 30.2. The summed E-state index contributed by atoms with van der Waals surface area (Å²) in [4.78, 5) is 43.8. The molecule has 6 rings (SSSR count). The van der Waals surface area contributed by atoms with Crippen LogP contribution in [0.25, 0.3) is 22.5 Å². The first-order chi connectivity index (χ1) is 20.8. The molecule has 12 nitrogen and oxygen atoms in total. The van der Waals surface area contributed by atoms with Gasteiger partial charge in [-0.3, -0.25) is 9.78 Å². The van der Waals surface area contributed by atoms with Crippen molar-refractivity contribution in [3.63, 3.8) is 0 Å². The van der Waals surface area contributed by atoms with E-state index in [9.17, 15) is 14.9 Å². The summed E-state index contributed by atoms with van der Waals surface area (Å²) in [6.45, 7) is 8.35. The number of pyridine rings is 2. The third-order valence-electron chi connectivity index (χ3n) is 7.81. The molecular weight excluding hydrogens is 551 g/mol. The Labute approximate surface area is 246 Å². The molecule has 218 valence electrons. The van der Waals surface area contributed by atoms with E-state index in [0.29, 0.717) is 41.8 Å². The van der Waals surface area contributed by atoms with Crippen LogP contribution in [0.15, 0.2) is 54.1 Å². The zero-order valence-corrected chi connectivity index (χ0v) is 23.8. The van der Waals surface area contributed by atoms with Crippen LogP contribution < -0.4 is 10.6 Å². The lowest BCUT2D eigenvalue weighted by atomic mass is 10.0. The number of aromatic nitrogens is 7. The molecule has 0 N–H and O–H groups in total. The average molecular weight is 581 g/mol. The Morgan fingerprint density at radius 2 is 2.05 bits per heavy atom. The molecule has 4 aromatic heterocycles. The van der Waals surface area contributed by atoms with E-state index in [1.54, 1.807) is 17.3 Å². The number of carbonyl (C=O) groups is 1. The number of carbonyl (C=O) groups excluding carboxylic acids is 1. The summed E-state index contributed by atoms with van der Waals surface area (Å²) < 4.78 is 18.7. The maximum atomic E-state index is 16.0. The third kappa shape index (κ3) is 4.84. The standard InChI is InChI=1S/C30H29FN10O2/c1-4-24(42)39-14-13-38(17-21(39)9-11-32)27-22-15-23(31)29-35-28(22)40(30(43)36-27)26-19(10-12-33-25(26)18(2)3)7-5-6-8-20-16-34-37-41(20)29/h4-6,10,12,15-16,18,21H,1,7-9,13-14,17H2,2-3H3/b6-5-. The molecule has 13 heteroatoms. The van der Waals surface area contributed by atoms with Crippen LogP contribution in [-0.4, -0.2) is 71.0 Å². The van der Waals surface area contributed by atoms with E-state index in [1.807, 2.05) is 37.0 Å². The number of amides is 1. The highest BCUT2D eigenvalue weighted by Gasteiger charge is 2.32. The van der Waals surface area contributed by atoms with Gasteiger partial charge in [0.25, 0.3) is 0 Å². The Bertz CT molecular complexity index is 1890. The van der Waals surface area contributed by atoms with Crippen molar-refractivity contribution in [2.75, 3.05) is 24.5 Å². The van der Waals surface area contributed by atoms with E-state index in [-0.39, 0.29) is 48.6 Å². The van der Waals surface area contributed by atoms with Gasteiger partial charge in [-0.1, -0.05) is 37.8 Å². The van der Waals surface area contributed by atoms with Crippen LogP contribution in [0.5, 0.6) is 0 Å². The normalized spacial score (nSPS) is 17.1. The molecule has 2 aliphatic rings. The van der Waals surface area contributed by atoms with E-state index in [2.05, 4.69) is 32.9 Å². The Morgan fingerprint density at radius 3 is 2.81 bits per heavy atom. The minimum atomic E-state index is -0.668. The van der Waals surface area contributed by atoms with Gasteiger partial charge in [0, 0.05) is 32.3 Å². The fraction of sp³-hybridized carbons (Fsp3) is 0.333. The number of piperazine rings is 1. The highest BCUT2D eigenvalue weighted by Crippen LogP contribution is 2.32. The number of anilines is 1. The highest BCUT2D eigenvalue weighted by atomic mass is 19.1. The van der Waals surface area contributed by atoms with Gasteiger partial charge in [0.15, 0.2) is 17.3 Å². The second-order valence-electron chi connectivity index (χ2n) is 10.8. The molecule has 4 aromatic rings. The van der Waals surface area contributed by atoms with Gasteiger partial charge >= 0.3 is 5.69 Å². The topological polar surface area (TPSA) is 139 Å². The van der Waals surface area contributed by atoms with E-state index >= 15 is 4.39 Å². The number of nitriles is 1. The smallest absolute Gasteiger partial charge is 0.352 e. The molecule has 0 aromatic carbocycles. The quantitative estimate of drug-likeness (QED) is 0.263. The first-order valence-electron chi connectivity index (χ1n) is 14.0. The summed E-state index contributed by atoms with van der Waals surface area (Å²) in [6, 6.07) is 4.84. The Hall–Kier alpha value is -5.25. The van der Waals surface area contributed by atoms with E-state index < -0.39 is 17.5 Å². The number of hydrogen-bond donors (Lipinski definition) is 0. The Kier molecular flexibility index (Phi) is 7.27. The monoisotopic (exact) mass is 580 g/mol. The molecule has 2 bridgehead atoms. The van der Waals surface area contributed by atoms with Crippen molar-refractivity contribution in [2.24, 2.45) is 0 Å². The Balaban J connectivity index is 1.64. The Morgan fingerprint density at radius 1 is 1.23 bits per heavy atom. The first-order valence-corrected chi connectivity index (χ1v) is 14.0. The average Bonchev–Trinajstić information content (AvgIpc) is 3.46. The predicted octanol–water partition coefficient (Wildman–Crippen LogP) is 2.79. The maximum Gasteiger partial charge on any atom is 0.355 e. The molecular formula is C30H29FN10O2. The van der Waals surface area contributed by atoms with Crippen molar-refractivity contribution < 1.29 is 9.18 Å². The largest absolute Gasteiger partial charge is 0.355 e. The van der Waals surface area contributed by atoms with Gasteiger partial charge in [0.2, 0.25) is 5.91 Å². The van der Waals surface area contributed by atoms with Gasteiger partial charge < -0.3 is 9.80 Å². The number of fused-ring (bicyclic) bond motifs is 5. The van der Waals surface area contributed by atoms with Crippen molar-refractivity contribution in [2.45, 2.75) is 45.1 Å². The molecule has 1 unspecified atom stereocenters. The van der Waals surface area contributed by atoms with Crippen LogP contribution >= 0.6 is 0 Å². The summed E-state index contributed by atoms with van der Waals surface area (Å²) in [6.07, 6.45) is 9.47. The number of hydrogen-bond acceptors (Lipinski definition) is 9. The molecule has 1 fully saturated rings. The summed E-state index contributed by atoms with van der Waals surface area (Å²) in [5, 5.41) is 17.9. The molecule has 2 aliphatic heterocycles. The van der Waals surface area contributed by atoms with E-state index in [1.165, 1.54) is 21.4 Å². The lowest BCUT2D eigenvalue weighted by Crippen LogP contribution is -2.55. The minimum absolute atomic E-state index is 0.0440. The van der Waals surface area contributed by atoms with Crippen molar-refractivity contribution in [3.8, 4) is 17.6 Å². The van der Waals surface area contributed by atoms with Gasteiger partial charge in [-0.25, -0.2) is 18.7 Å². The summed E-state index contributed by atoms with van der Waals surface area (Å²) in [7, 11) is 0. The summed E-state index contributed by atoms with van der Waals surface area (Å²) >= 11 is 0. The number of halogens is 1. The first kappa shape index (κ1) is 27.9. The molecule has 0 spiro atoms. The van der Waals surface area contributed by atoms with Crippen LogP contribution in [0.1, 0.15) is 43.1 Å². The van der Waals surface area contributed by atoms with Crippen LogP contribution in [0, 0.1) is 17.1 Å². The van der Waals surface area contributed by atoms with Crippen molar-refractivity contribution in [1.82, 2.24) is 39.4 Å². The molecule has 1 amide bonds. The van der Waals surface area contributed by atoms with Gasteiger partial charge in [-0.15, -0.1) is 5.10 Å². The second kappa shape index (κ2) is 11.2. The molecule has 0 radical (unpaired) electrons. The minimum Gasteiger partial charge on any atom is -0.352 e. The summed E-state index contributed by atoms with van der Waals surface area (Å²) in [5.74, 6) is -0.865. The fourth-order valence-corrected chi connectivity index (χ4v) is 5.77. The van der Waals surface area contributed by atoms with E-state index in [4.69, 9.17) is 4.98 Å².